The Kier molecular flexibility index (Phi) is 8.73. The van der Waals surface area contributed by atoms with Gasteiger partial charge in [-0.1, -0.05) is 5.56 Å². The summed E-state index contributed by atoms with van der Waals surface area (Å²) in [5.74, 6) is -0.181. The molecule has 0 fully saturated rings. The van der Waals surface area contributed by atoms with Gasteiger partial charge in [0.25, 0.3) is 0 Å². The van der Waals surface area contributed by atoms with Gasteiger partial charge in [-0.05, 0) is 6.92 Å². The van der Waals surface area contributed by atoms with Crippen LogP contribution < -0.4 is 0 Å². The van der Waals surface area contributed by atoms with Gasteiger partial charge < -0.3 is 4.74 Å². The van der Waals surface area contributed by atoms with E-state index in [-0.39, 0.29) is 5.97 Å². The summed E-state index contributed by atoms with van der Waals surface area (Å²) in [7, 11) is 0. The van der Waals surface area contributed by atoms with Crippen LogP contribution in [0.2, 0.25) is 0 Å². The second kappa shape index (κ2) is 8.93. The fourth-order valence-electron chi connectivity index (χ4n) is 1.04. The predicted molar refractivity (Wildman–Crippen MR) is 60.2 cm³/mol. The van der Waals surface area contributed by atoms with Crippen LogP contribution in [0, 0.1) is 6.92 Å². The molecule has 0 heterocycles. The molecule has 0 aliphatic rings. The second-order valence-electron chi connectivity index (χ2n) is 2.80. The maximum absolute atomic E-state index is 11.1. The quantitative estimate of drug-likeness (QED) is 0.486. The van der Waals surface area contributed by atoms with Crippen LogP contribution in [0.15, 0.2) is 24.3 Å². The third kappa shape index (κ3) is 6.69. The number of ether oxygens (including phenoxy) is 1. The first-order valence-electron chi connectivity index (χ1n) is 4.55. The number of esters is 1. The molecule has 4 heteroatoms. The third-order valence-corrected chi connectivity index (χ3v) is 1.68. The summed E-state index contributed by atoms with van der Waals surface area (Å²) < 4.78 is 4.82. The molecule has 0 aliphatic heterocycles. The van der Waals surface area contributed by atoms with Crippen molar-refractivity contribution < 1.29 is 25.9 Å². The molecule has 0 bridgehead atoms. The molecule has 0 aromatic heterocycles. The first-order chi connectivity index (χ1) is 7.22. The topological polar surface area (TPSA) is 26.3 Å². The van der Waals surface area contributed by atoms with E-state index < -0.39 is 0 Å². The Bertz CT molecular complexity index is 285. The molecule has 15 heavy (non-hydrogen) atoms. The molecule has 1 rings (SSSR count). The van der Waals surface area contributed by atoms with Gasteiger partial charge in [-0.2, -0.15) is 24.6 Å². The fraction of sp³-hybridized carbons (Fsp3) is 0.273. The summed E-state index contributed by atoms with van der Waals surface area (Å²) in [6.07, 6.45) is 0.341. The Labute approximate surface area is 107 Å². The Balaban J connectivity index is 0.000000921. The van der Waals surface area contributed by atoms with E-state index in [0.717, 1.165) is 11.1 Å². The van der Waals surface area contributed by atoms with Crippen LogP contribution in [0.1, 0.15) is 18.1 Å². The average Bonchev–Trinajstić information content (AvgIpc) is 2.25. The molecule has 2 nitrogen and oxygen atoms in total. The molecule has 0 saturated heterocycles. The Hall–Kier alpha value is -0.337. The molecule has 0 aliphatic carbocycles. The summed E-state index contributed by atoms with van der Waals surface area (Å²) in [6, 6.07) is 7.54. The number of hydrogen-bond donors (Lipinski definition) is 0. The van der Waals surface area contributed by atoms with E-state index in [4.69, 9.17) is 4.74 Å². The molecule has 0 spiro atoms. The number of benzene rings is 1. The van der Waals surface area contributed by atoms with Crippen molar-refractivity contribution in [3.63, 3.8) is 0 Å². The molecule has 0 N–H and O–H groups in total. The van der Waals surface area contributed by atoms with E-state index in [0.29, 0.717) is 13.0 Å². The van der Waals surface area contributed by atoms with Crippen LogP contribution in [0.25, 0.3) is 0 Å². The van der Waals surface area contributed by atoms with Crippen LogP contribution in [0.4, 0.5) is 0 Å². The fourth-order valence-corrected chi connectivity index (χ4v) is 1.04. The van der Waals surface area contributed by atoms with Gasteiger partial charge in [0.15, 0.2) is 0 Å². The zero-order valence-electron chi connectivity index (χ0n) is 8.83. The van der Waals surface area contributed by atoms with Gasteiger partial charge in [0.2, 0.25) is 0 Å². The van der Waals surface area contributed by atoms with E-state index in [1.54, 1.807) is 6.92 Å². The van der Waals surface area contributed by atoms with E-state index in [1.807, 2.05) is 24.3 Å². The summed E-state index contributed by atoms with van der Waals surface area (Å²) >= 11 is 4.25. The van der Waals surface area contributed by atoms with Crippen molar-refractivity contribution in [1.29, 1.82) is 0 Å². The Morgan fingerprint density at radius 1 is 1.40 bits per heavy atom. The molecular weight excluding hydrogens is 309 g/mol. The van der Waals surface area contributed by atoms with E-state index in [9.17, 15) is 4.79 Å². The van der Waals surface area contributed by atoms with Crippen molar-refractivity contribution in [1.82, 2.24) is 0 Å². The Morgan fingerprint density at radius 3 is 2.40 bits per heavy atom. The van der Waals surface area contributed by atoms with Crippen molar-refractivity contribution in [2.45, 2.75) is 13.3 Å². The Morgan fingerprint density at radius 2 is 1.93 bits per heavy atom. The van der Waals surface area contributed by atoms with Gasteiger partial charge in [0, 0.05) is 0 Å². The number of carbonyl (C=O) groups is 1. The van der Waals surface area contributed by atoms with Crippen molar-refractivity contribution in [2.75, 3.05) is 6.61 Å². The molecule has 78 valence electrons. The van der Waals surface area contributed by atoms with Crippen molar-refractivity contribution in [3.8, 4) is 0 Å². The summed E-state index contributed by atoms with van der Waals surface area (Å²) in [5, 5.41) is 0. The van der Waals surface area contributed by atoms with Crippen LogP contribution >= 0.6 is 13.6 Å². The standard InChI is InChI=1S/C11H13O2.BrH.Zn/c1-3-13-11(12)8-10-6-4-9(2)5-7-10;;/h4-7H,2-3,8H2,1H3;1H;/q-1;;+2/p-1. The zero-order chi connectivity index (χ0) is 11.7. The van der Waals surface area contributed by atoms with Gasteiger partial charge in [0.05, 0.1) is 13.0 Å². The van der Waals surface area contributed by atoms with Gasteiger partial charge in [-0.25, -0.2) is 0 Å². The number of rotatable bonds is 3. The molecule has 0 saturated carbocycles. The van der Waals surface area contributed by atoms with Crippen LogP contribution in [0.3, 0.4) is 0 Å². The van der Waals surface area contributed by atoms with Gasteiger partial charge >= 0.3 is 35.9 Å². The molecule has 1 aromatic rings. The molecule has 0 amide bonds. The monoisotopic (exact) mass is 320 g/mol. The molecule has 0 unspecified atom stereocenters. The predicted octanol–water partition coefficient (Wildman–Crippen LogP) is 2.82. The maximum atomic E-state index is 11.1. The summed E-state index contributed by atoms with van der Waals surface area (Å²) in [4.78, 5) is 11.1. The summed E-state index contributed by atoms with van der Waals surface area (Å²) in [5.41, 5.74) is 1.92. The van der Waals surface area contributed by atoms with Crippen LogP contribution in [0.5, 0.6) is 0 Å². The number of halogens is 1. The molecular formula is C11H13BrO2Zn. The molecule has 1 aromatic carbocycles. The van der Waals surface area contributed by atoms with Gasteiger partial charge in [-0.15, -0.1) is 12.1 Å². The van der Waals surface area contributed by atoms with Crippen molar-refractivity contribution in [3.05, 3.63) is 42.3 Å². The van der Waals surface area contributed by atoms with E-state index in [1.165, 1.54) is 16.3 Å². The minimum atomic E-state index is -0.181. The van der Waals surface area contributed by atoms with Crippen molar-refractivity contribution in [2.24, 2.45) is 0 Å². The van der Waals surface area contributed by atoms with Crippen LogP contribution in [-0.2, 0) is 32.3 Å². The number of hydrogen-bond acceptors (Lipinski definition) is 2. The van der Waals surface area contributed by atoms with Crippen molar-refractivity contribution >= 4 is 19.6 Å². The first kappa shape index (κ1) is 14.7. The van der Waals surface area contributed by atoms with Gasteiger partial charge in [-0.3, -0.25) is 4.79 Å². The third-order valence-electron chi connectivity index (χ3n) is 1.68. The zero-order valence-corrected chi connectivity index (χ0v) is 13.4. The van der Waals surface area contributed by atoms with Gasteiger partial charge in [0.1, 0.15) is 0 Å². The van der Waals surface area contributed by atoms with E-state index >= 15 is 0 Å². The summed E-state index contributed by atoms with van der Waals surface area (Å²) in [6.45, 7) is 6.00. The molecule has 0 atom stereocenters. The molecule has 0 radical (unpaired) electrons. The first-order valence-corrected chi connectivity index (χ1v) is 11.5. The van der Waals surface area contributed by atoms with E-state index in [2.05, 4.69) is 20.5 Å². The number of carbonyl (C=O) groups excluding carboxylic acids is 1. The second-order valence-corrected chi connectivity index (χ2v) is 2.80. The minimum absolute atomic E-state index is 0.181. The van der Waals surface area contributed by atoms with Crippen LogP contribution in [-0.4, -0.2) is 12.6 Å². The SMILES string of the molecule is [CH2-]c1ccc(CC(=O)OCC)cc1.[Zn+][Br]. The average molecular weight is 323 g/mol. The normalized spacial score (nSPS) is 8.80.